The molecule has 2 aliphatic rings. The minimum Gasteiger partial charge on any atom is -0.392 e. The molecule has 1 N–H and O–H groups in total. The fourth-order valence-electron chi connectivity index (χ4n) is 4.67. The van der Waals surface area contributed by atoms with Gasteiger partial charge in [-0.05, 0) is 86.2 Å². The molecule has 1 aromatic carbocycles. The lowest BCUT2D eigenvalue weighted by atomic mass is 9.68. The number of hydrogen-bond donors (Lipinski definition) is 1. The number of aliphatic hydroxyl groups excluding tert-OH is 1. The van der Waals surface area contributed by atoms with E-state index < -0.39 is 0 Å². The highest BCUT2D eigenvalue weighted by Crippen LogP contribution is 2.43. The highest BCUT2D eigenvalue weighted by atomic mass is 16.3. The lowest BCUT2D eigenvalue weighted by Gasteiger charge is -2.37. The molecule has 0 aliphatic heterocycles. The van der Waals surface area contributed by atoms with Gasteiger partial charge in [-0.2, -0.15) is 0 Å². The molecule has 2 fully saturated rings. The van der Waals surface area contributed by atoms with Crippen LogP contribution in [0.3, 0.4) is 0 Å². The topological polar surface area (TPSA) is 20.2 Å². The predicted octanol–water partition coefficient (Wildman–Crippen LogP) is 5.45. The van der Waals surface area contributed by atoms with Crippen LogP contribution in [-0.2, 0) is 6.61 Å². The standard InChI is InChI=1S/C21H30O/c1-2-16-3-7-18(8-4-16)20-11-13-21(14-12-20)19-9-5-17(15-22)6-10-19/h2,5-6,9-10,16,18,20-22H,1,3-4,7-8,11-15H2. The molecule has 0 amide bonds. The van der Waals surface area contributed by atoms with Gasteiger partial charge in [-0.25, -0.2) is 0 Å². The zero-order valence-corrected chi connectivity index (χ0v) is 13.7. The van der Waals surface area contributed by atoms with Crippen molar-refractivity contribution in [2.45, 2.75) is 63.9 Å². The second kappa shape index (κ2) is 7.46. The van der Waals surface area contributed by atoms with E-state index in [1.165, 1.54) is 56.9 Å². The summed E-state index contributed by atoms with van der Waals surface area (Å²) in [5, 5.41) is 9.15. The van der Waals surface area contributed by atoms with Crippen LogP contribution >= 0.6 is 0 Å². The van der Waals surface area contributed by atoms with Gasteiger partial charge in [-0.1, -0.05) is 30.3 Å². The Labute approximate surface area is 135 Å². The predicted molar refractivity (Wildman–Crippen MR) is 92.7 cm³/mol. The van der Waals surface area contributed by atoms with Crippen molar-refractivity contribution in [3.63, 3.8) is 0 Å². The summed E-state index contributed by atoms with van der Waals surface area (Å²) >= 11 is 0. The smallest absolute Gasteiger partial charge is 0.0681 e. The molecular weight excluding hydrogens is 268 g/mol. The Morgan fingerprint density at radius 1 is 0.864 bits per heavy atom. The van der Waals surface area contributed by atoms with E-state index in [1.54, 1.807) is 0 Å². The minimum absolute atomic E-state index is 0.153. The van der Waals surface area contributed by atoms with Gasteiger partial charge >= 0.3 is 0 Å². The maximum Gasteiger partial charge on any atom is 0.0681 e. The van der Waals surface area contributed by atoms with Crippen molar-refractivity contribution in [3.8, 4) is 0 Å². The third-order valence-electron chi connectivity index (χ3n) is 6.22. The van der Waals surface area contributed by atoms with Crippen LogP contribution in [0.5, 0.6) is 0 Å². The summed E-state index contributed by atoms with van der Waals surface area (Å²) in [6, 6.07) is 8.62. The van der Waals surface area contributed by atoms with Crippen LogP contribution in [0.15, 0.2) is 36.9 Å². The Morgan fingerprint density at radius 3 is 1.91 bits per heavy atom. The summed E-state index contributed by atoms with van der Waals surface area (Å²) < 4.78 is 0. The highest BCUT2D eigenvalue weighted by molar-refractivity contribution is 5.25. The molecule has 22 heavy (non-hydrogen) atoms. The molecule has 0 unspecified atom stereocenters. The monoisotopic (exact) mass is 298 g/mol. The van der Waals surface area contributed by atoms with Crippen molar-refractivity contribution in [2.24, 2.45) is 17.8 Å². The Morgan fingerprint density at radius 2 is 1.41 bits per heavy atom. The maximum atomic E-state index is 9.15. The van der Waals surface area contributed by atoms with Gasteiger partial charge in [-0.15, -0.1) is 6.58 Å². The third kappa shape index (κ3) is 3.63. The van der Waals surface area contributed by atoms with Crippen molar-refractivity contribution >= 4 is 0 Å². The SMILES string of the molecule is C=CC1CCC(C2CCC(c3ccc(CO)cc3)CC2)CC1. The molecule has 1 aromatic rings. The second-order valence-electron chi connectivity index (χ2n) is 7.42. The molecule has 2 saturated carbocycles. The zero-order valence-electron chi connectivity index (χ0n) is 13.7. The largest absolute Gasteiger partial charge is 0.392 e. The van der Waals surface area contributed by atoms with Gasteiger partial charge in [0.15, 0.2) is 0 Å². The number of allylic oxidation sites excluding steroid dienone is 1. The molecule has 0 atom stereocenters. The first kappa shape index (κ1) is 15.8. The molecule has 2 aliphatic carbocycles. The van der Waals surface area contributed by atoms with E-state index in [1.807, 2.05) is 0 Å². The van der Waals surface area contributed by atoms with Crippen LogP contribution < -0.4 is 0 Å². The first-order chi connectivity index (χ1) is 10.8. The molecule has 0 heterocycles. The summed E-state index contributed by atoms with van der Waals surface area (Å²) in [4.78, 5) is 0. The van der Waals surface area contributed by atoms with E-state index in [0.717, 1.165) is 29.2 Å². The highest BCUT2D eigenvalue weighted by Gasteiger charge is 2.30. The Hall–Kier alpha value is -1.08. The van der Waals surface area contributed by atoms with Crippen LogP contribution in [0.1, 0.15) is 68.4 Å². The van der Waals surface area contributed by atoms with E-state index in [-0.39, 0.29) is 6.61 Å². The van der Waals surface area contributed by atoms with Crippen LogP contribution in [0.25, 0.3) is 0 Å². The van der Waals surface area contributed by atoms with Gasteiger partial charge in [-0.3, -0.25) is 0 Å². The van der Waals surface area contributed by atoms with Gasteiger partial charge in [0, 0.05) is 0 Å². The normalized spacial score (nSPS) is 32.6. The van der Waals surface area contributed by atoms with Crippen LogP contribution in [-0.4, -0.2) is 5.11 Å². The van der Waals surface area contributed by atoms with Gasteiger partial charge in [0.05, 0.1) is 6.61 Å². The molecule has 0 bridgehead atoms. The maximum absolute atomic E-state index is 9.15. The summed E-state index contributed by atoms with van der Waals surface area (Å²) in [7, 11) is 0. The summed E-state index contributed by atoms with van der Waals surface area (Å²) in [5.41, 5.74) is 2.50. The minimum atomic E-state index is 0.153. The average Bonchev–Trinajstić information content (AvgIpc) is 2.62. The van der Waals surface area contributed by atoms with E-state index >= 15 is 0 Å². The number of benzene rings is 1. The van der Waals surface area contributed by atoms with Crippen molar-refractivity contribution in [1.82, 2.24) is 0 Å². The molecule has 1 heteroatoms. The van der Waals surface area contributed by atoms with Gasteiger partial charge < -0.3 is 5.11 Å². The molecule has 0 saturated heterocycles. The van der Waals surface area contributed by atoms with E-state index in [0.29, 0.717) is 0 Å². The molecule has 120 valence electrons. The second-order valence-corrected chi connectivity index (χ2v) is 7.42. The van der Waals surface area contributed by atoms with E-state index in [4.69, 9.17) is 5.11 Å². The molecular formula is C21H30O. The lowest BCUT2D eigenvalue weighted by Crippen LogP contribution is -2.25. The lowest BCUT2D eigenvalue weighted by molar-refractivity contribution is 0.171. The van der Waals surface area contributed by atoms with Gasteiger partial charge in [0.25, 0.3) is 0 Å². The fraction of sp³-hybridized carbons (Fsp3) is 0.619. The Balaban J connectivity index is 1.50. The average molecular weight is 298 g/mol. The summed E-state index contributed by atoms with van der Waals surface area (Å²) in [6.45, 7) is 4.12. The van der Waals surface area contributed by atoms with Gasteiger partial charge in [0.1, 0.15) is 0 Å². The van der Waals surface area contributed by atoms with E-state index in [2.05, 4.69) is 36.9 Å². The molecule has 3 rings (SSSR count). The Kier molecular flexibility index (Phi) is 5.36. The molecule has 1 nitrogen and oxygen atoms in total. The first-order valence-electron chi connectivity index (χ1n) is 9.12. The van der Waals surface area contributed by atoms with Crippen molar-refractivity contribution in [2.75, 3.05) is 0 Å². The van der Waals surface area contributed by atoms with Gasteiger partial charge in [0.2, 0.25) is 0 Å². The molecule has 0 radical (unpaired) electrons. The third-order valence-corrected chi connectivity index (χ3v) is 6.22. The van der Waals surface area contributed by atoms with Crippen molar-refractivity contribution < 1.29 is 5.11 Å². The number of hydrogen-bond acceptors (Lipinski definition) is 1. The molecule has 0 aromatic heterocycles. The van der Waals surface area contributed by atoms with Crippen molar-refractivity contribution in [1.29, 1.82) is 0 Å². The quantitative estimate of drug-likeness (QED) is 0.733. The fourth-order valence-corrected chi connectivity index (χ4v) is 4.67. The molecule has 0 spiro atoms. The summed E-state index contributed by atoms with van der Waals surface area (Å²) in [6.07, 6.45) is 13.3. The van der Waals surface area contributed by atoms with Crippen LogP contribution in [0.4, 0.5) is 0 Å². The van der Waals surface area contributed by atoms with Crippen LogP contribution in [0, 0.1) is 17.8 Å². The summed E-state index contributed by atoms with van der Waals surface area (Å²) in [5.74, 6) is 3.48. The zero-order chi connectivity index (χ0) is 15.4. The van der Waals surface area contributed by atoms with Crippen molar-refractivity contribution in [3.05, 3.63) is 48.0 Å². The number of rotatable bonds is 4. The Bertz CT molecular complexity index is 459. The first-order valence-corrected chi connectivity index (χ1v) is 9.12. The van der Waals surface area contributed by atoms with Crippen LogP contribution in [0.2, 0.25) is 0 Å². The number of aliphatic hydroxyl groups is 1. The van der Waals surface area contributed by atoms with E-state index in [9.17, 15) is 0 Å².